The van der Waals surface area contributed by atoms with Crippen LogP contribution in [0.2, 0.25) is 0 Å². The molecule has 29 heavy (non-hydrogen) atoms. The summed E-state index contributed by atoms with van der Waals surface area (Å²) in [5.41, 5.74) is 4.60. The monoisotopic (exact) mass is 388 g/mol. The van der Waals surface area contributed by atoms with Gasteiger partial charge in [-0.25, -0.2) is 9.78 Å². The zero-order chi connectivity index (χ0) is 20.1. The van der Waals surface area contributed by atoms with E-state index in [4.69, 9.17) is 4.42 Å². The second kappa shape index (κ2) is 6.74. The largest absolute Gasteiger partial charge is 0.422 e. The maximum absolute atomic E-state index is 12.7. The average Bonchev–Trinajstić information content (AvgIpc) is 3.08. The maximum atomic E-state index is 12.7. The van der Waals surface area contributed by atoms with E-state index in [9.17, 15) is 4.79 Å². The lowest BCUT2D eigenvalue weighted by Gasteiger charge is -2.39. The fraction of sp³-hybridized carbons (Fsp3) is 0.304. The van der Waals surface area contributed by atoms with E-state index in [-0.39, 0.29) is 5.63 Å². The van der Waals surface area contributed by atoms with Crippen molar-refractivity contribution in [2.45, 2.75) is 19.9 Å². The van der Waals surface area contributed by atoms with Gasteiger partial charge in [-0.1, -0.05) is 0 Å². The molecule has 4 aromatic rings. The fourth-order valence-electron chi connectivity index (χ4n) is 4.06. The van der Waals surface area contributed by atoms with E-state index >= 15 is 0 Å². The van der Waals surface area contributed by atoms with Gasteiger partial charge in [-0.2, -0.15) is 0 Å². The number of pyridine rings is 1. The van der Waals surface area contributed by atoms with Gasteiger partial charge in [0.25, 0.3) is 0 Å². The lowest BCUT2D eigenvalue weighted by atomic mass is 10.1. The van der Waals surface area contributed by atoms with E-state index in [1.165, 1.54) is 0 Å². The van der Waals surface area contributed by atoms with E-state index < -0.39 is 0 Å². The Bertz CT molecular complexity index is 1270. The van der Waals surface area contributed by atoms with Crippen molar-refractivity contribution in [2.24, 2.45) is 0 Å². The van der Waals surface area contributed by atoms with Crippen molar-refractivity contribution in [1.29, 1.82) is 0 Å². The van der Waals surface area contributed by atoms with Gasteiger partial charge in [-0.3, -0.25) is 0 Å². The molecule has 0 amide bonds. The quantitative estimate of drug-likeness (QED) is 0.492. The third kappa shape index (κ3) is 3.19. The van der Waals surface area contributed by atoms with Crippen LogP contribution in [-0.4, -0.2) is 47.0 Å². The predicted octanol–water partition coefficient (Wildman–Crippen LogP) is 3.56. The number of hydrogen-bond donors (Lipinski definition) is 0. The van der Waals surface area contributed by atoms with Crippen LogP contribution in [0.1, 0.15) is 12.6 Å². The molecule has 148 valence electrons. The number of aromatic nitrogens is 2. The zero-order valence-corrected chi connectivity index (χ0v) is 16.9. The molecule has 3 aromatic heterocycles. The Labute approximate surface area is 169 Å². The highest BCUT2D eigenvalue weighted by atomic mass is 16.4. The van der Waals surface area contributed by atoms with Gasteiger partial charge in [0.2, 0.25) is 0 Å². The Morgan fingerprint density at radius 1 is 1.10 bits per heavy atom. The number of aryl methyl sites for hydroxylation is 1. The topological polar surface area (TPSA) is 54.0 Å². The van der Waals surface area contributed by atoms with Crippen molar-refractivity contribution in [3.05, 3.63) is 64.9 Å². The molecular formula is C23H24N4O2. The van der Waals surface area contributed by atoms with Crippen LogP contribution in [0.25, 0.3) is 27.7 Å². The first kappa shape index (κ1) is 17.9. The number of hydrogen-bond acceptors (Lipinski definition) is 5. The predicted molar refractivity (Wildman–Crippen MR) is 116 cm³/mol. The molecule has 0 spiro atoms. The molecule has 1 atom stereocenters. The summed E-state index contributed by atoms with van der Waals surface area (Å²) in [6, 6.07) is 12.4. The second-order valence-corrected chi connectivity index (χ2v) is 8.01. The third-order valence-corrected chi connectivity index (χ3v) is 5.93. The van der Waals surface area contributed by atoms with Crippen molar-refractivity contribution >= 4 is 22.3 Å². The van der Waals surface area contributed by atoms with E-state index in [1.54, 1.807) is 0 Å². The van der Waals surface area contributed by atoms with Gasteiger partial charge in [0, 0.05) is 60.8 Å². The zero-order valence-electron chi connectivity index (χ0n) is 16.9. The van der Waals surface area contributed by atoms with Gasteiger partial charge in [-0.05, 0) is 51.2 Å². The highest BCUT2D eigenvalue weighted by Crippen LogP contribution is 2.26. The second-order valence-electron chi connectivity index (χ2n) is 8.01. The SMILES string of the molecule is Cc1cn2cc(-c3cc4ccc(N5CCN(C)[C@H](C)C5)cc4oc3=O)ccc2n1. The van der Waals surface area contributed by atoms with Gasteiger partial charge < -0.3 is 18.6 Å². The highest BCUT2D eigenvalue weighted by Gasteiger charge is 2.21. The van der Waals surface area contributed by atoms with Crippen molar-refractivity contribution < 1.29 is 4.42 Å². The van der Waals surface area contributed by atoms with Crippen LogP contribution in [-0.2, 0) is 0 Å². The molecule has 1 saturated heterocycles. The molecule has 0 saturated carbocycles. The van der Waals surface area contributed by atoms with Crippen LogP contribution in [0.15, 0.2) is 58.0 Å². The van der Waals surface area contributed by atoms with E-state index in [0.717, 1.165) is 47.6 Å². The van der Waals surface area contributed by atoms with Crippen molar-refractivity contribution in [2.75, 3.05) is 31.6 Å². The summed E-state index contributed by atoms with van der Waals surface area (Å²) in [5.74, 6) is 0. The molecule has 5 rings (SSSR count). The molecule has 1 aliphatic rings. The minimum atomic E-state index is -0.322. The minimum absolute atomic E-state index is 0.322. The molecular weight excluding hydrogens is 364 g/mol. The number of likely N-dealkylation sites (N-methyl/N-ethyl adjacent to an activating group) is 1. The standard InChI is InChI=1S/C23H24N4O2/c1-15-12-27-14-18(5-7-22(27)24-15)20-10-17-4-6-19(11-21(17)29-23(20)28)26-9-8-25(3)16(2)13-26/h4-7,10-12,14,16H,8-9,13H2,1-3H3/t16-/m1/s1. The molecule has 6 heteroatoms. The molecule has 0 bridgehead atoms. The number of piperazine rings is 1. The summed E-state index contributed by atoms with van der Waals surface area (Å²) in [6.07, 6.45) is 3.87. The first-order valence-electron chi connectivity index (χ1n) is 9.97. The summed E-state index contributed by atoms with van der Waals surface area (Å²) in [6.45, 7) is 7.15. The molecule has 4 heterocycles. The molecule has 0 radical (unpaired) electrons. The Hall–Kier alpha value is -3.12. The van der Waals surface area contributed by atoms with E-state index in [2.05, 4.69) is 34.8 Å². The van der Waals surface area contributed by atoms with Crippen LogP contribution in [0.5, 0.6) is 0 Å². The molecule has 0 unspecified atom stereocenters. The number of imidazole rings is 1. The lowest BCUT2D eigenvalue weighted by Crippen LogP contribution is -2.50. The van der Waals surface area contributed by atoms with Crippen molar-refractivity contribution in [3.63, 3.8) is 0 Å². The average molecular weight is 388 g/mol. The number of fused-ring (bicyclic) bond motifs is 2. The molecule has 6 nitrogen and oxygen atoms in total. The minimum Gasteiger partial charge on any atom is -0.422 e. The molecule has 1 fully saturated rings. The van der Waals surface area contributed by atoms with Gasteiger partial charge in [0.15, 0.2) is 0 Å². The molecule has 0 aliphatic carbocycles. The summed E-state index contributed by atoms with van der Waals surface area (Å²) in [5, 5.41) is 0.924. The molecule has 0 N–H and O–H groups in total. The fourth-order valence-corrected chi connectivity index (χ4v) is 4.06. The highest BCUT2D eigenvalue weighted by molar-refractivity contribution is 5.84. The number of nitrogens with zero attached hydrogens (tertiary/aromatic N) is 4. The number of anilines is 1. The summed E-state index contributed by atoms with van der Waals surface area (Å²) in [7, 11) is 2.16. The molecule has 1 aromatic carbocycles. The lowest BCUT2D eigenvalue weighted by molar-refractivity contribution is 0.234. The molecule has 1 aliphatic heterocycles. The van der Waals surface area contributed by atoms with Gasteiger partial charge in [0.05, 0.1) is 11.3 Å². The summed E-state index contributed by atoms with van der Waals surface area (Å²) < 4.78 is 7.66. The number of benzene rings is 1. The van der Waals surface area contributed by atoms with Gasteiger partial charge in [-0.15, -0.1) is 0 Å². The first-order valence-corrected chi connectivity index (χ1v) is 9.97. The Morgan fingerprint density at radius 3 is 2.79 bits per heavy atom. The van der Waals surface area contributed by atoms with Gasteiger partial charge >= 0.3 is 5.63 Å². The van der Waals surface area contributed by atoms with Crippen LogP contribution in [0.3, 0.4) is 0 Å². The van der Waals surface area contributed by atoms with Crippen LogP contribution < -0.4 is 10.5 Å². The smallest absolute Gasteiger partial charge is 0.344 e. The maximum Gasteiger partial charge on any atom is 0.344 e. The van der Waals surface area contributed by atoms with Gasteiger partial charge in [0.1, 0.15) is 11.2 Å². The Morgan fingerprint density at radius 2 is 1.97 bits per heavy atom. The van der Waals surface area contributed by atoms with Crippen molar-refractivity contribution in [1.82, 2.24) is 14.3 Å². The Balaban J connectivity index is 1.53. The normalized spacial score (nSPS) is 18.0. The third-order valence-electron chi connectivity index (χ3n) is 5.93. The summed E-state index contributed by atoms with van der Waals surface area (Å²) in [4.78, 5) is 21.9. The van der Waals surface area contributed by atoms with Crippen LogP contribution in [0.4, 0.5) is 5.69 Å². The van der Waals surface area contributed by atoms with Crippen molar-refractivity contribution in [3.8, 4) is 11.1 Å². The first-order chi connectivity index (χ1) is 14.0. The summed E-state index contributed by atoms with van der Waals surface area (Å²) >= 11 is 0. The van der Waals surface area contributed by atoms with E-state index in [0.29, 0.717) is 17.2 Å². The number of rotatable bonds is 2. The van der Waals surface area contributed by atoms with E-state index in [1.807, 2.05) is 54.0 Å². The van der Waals surface area contributed by atoms with Crippen LogP contribution >= 0.6 is 0 Å². The Kier molecular flexibility index (Phi) is 4.17. The van der Waals surface area contributed by atoms with Crippen LogP contribution in [0, 0.1) is 6.92 Å².